The first-order valence-corrected chi connectivity index (χ1v) is 7.45. The molecule has 0 saturated heterocycles. The van der Waals surface area contributed by atoms with Crippen molar-refractivity contribution in [3.8, 4) is 5.75 Å². The third kappa shape index (κ3) is 2.65. The molecule has 100 valence electrons. The van der Waals surface area contributed by atoms with Crippen molar-refractivity contribution < 1.29 is 4.74 Å². The zero-order valence-corrected chi connectivity index (χ0v) is 11.9. The molecule has 0 radical (unpaired) electrons. The second-order valence-corrected chi connectivity index (χ2v) is 6.06. The summed E-state index contributed by atoms with van der Waals surface area (Å²) in [7, 11) is 1.69. The van der Waals surface area contributed by atoms with Gasteiger partial charge in [0, 0.05) is 17.3 Å². The highest BCUT2D eigenvalue weighted by atomic mass is 32.1. The van der Waals surface area contributed by atoms with E-state index in [0.717, 1.165) is 36.4 Å². The van der Waals surface area contributed by atoms with Crippen molar-refractivity contribution in [2.24, 2.45) is 5.73 Å². The van der Waals surface area contributed by atoms with Gasteiger partial charge >= 0.3 is 0 Å². The fourth-order valence-electron chi connectivity index (χ4n) is 2.54. The van der Waals surface area contributed by atoms with Crippen molar-refractivity contribution in [3.05, 3.63) is 45.4 Å². The number of benzene rings is 1. The molecule has 19 heavy (non-hydrogen) atoms. The second-order valence-electron chi connectivity index (χ2n) is 4.95. The van der Waals surface area contributed by atoms with Crippen molar-refractivity contribution in [1.29, 1.82) is 0 Å². The SMILES string of the molecule is COc1cccc(Cc2nc3c(s2)C(N)CCC3)c1. The Morgan fingerprint density at radius 3 is 3.16 bits per heavy atom. The zero-order valence-electron chi connectivity index (χ0n) is 11.1. The van der Waals surface area contributed by atoms with Crippen LogP contribution in [0.15, 0.2) is 24.3 Å². The normalized spacial score (nSPS) is 18.1. The maximum atomic E-state index is 6.15. The zero-order chi connectivity index (χ0) is 13.2. The van der Waals surface area contributed by atoms with Gasteiger partial charge in [0.05, 0.1) is 17.8 Å². The number of aromatic nitrogens is 1. The van der Waals surface area contributed by atoms with E-state index in [9.17, 15) is 0 Å². The molecular formula is C15H18N2OS. The van der Waals surface area contributed by atoms with Crippen LogP contribution in [0.1, 0.15) is 40.0 Å². The van der Waals surface area contributed by atoms with Crippen molar-refractivity contribution in [3.63, 3.8) is 0 Å². The molecule has 1 unspecified atom stereocenters. The molecule has 0 aliphatic heterocycles. The molecule has 1 heterocycles. The van der Waals surface area contributed by atoms with Gasteiger partial charge in [0.2, 0.25) is 0 Å². The number of rotatable bonds is 3. The molecule has 0 bridgehead atoms. The largest absolute Gasteiger partial charge is 0.497 e. The van der Waals surface area contributed by atoms with Crippen molar-refractivity contribution in [1.82, 2.24) is 4.98 Å². The second kappa shape index (κ2) is 5.31. The Balaban J connectivity index is 1.83. The van der Waals surface area contributed by atoms with Gasteiger partial charge in [-0.15, -0.1) is 11.3 Å². The minimum atomic E-state index is 0.195. The number of nitrogens with zero attached hydrogens (tertiary/aromatic N) is 1. The lowest BCUT2D eigenvalue weighted by Gasteiger charge is -2.15. The summed E-state index contributed by atoms with van der Waals surface area (Å²) < 4.78 is 5.25. The summed E-state index contributed by atoms with van der Waals surface area (Å²) in [5.41, 5.74) is 8.61. The quantitative estimate of drug-likeness (QED) is 0.935. The first kappa shape index (κ1) is 12.6. The Kier molecular flexibility index (Phi) is 3.53. The monoisotopic (exact) mass is 274 g/mol. The van der Waals surface area contributed by atoms with Crippen LogP contribution in [0.25, 0.3) is 0 Å². The molecule has 2 aromatic rings. The summed E-state index contributed by atoms with van der Waals surface area (Å²) in [4.78, 5) is 6.05. The highest BCUT2D eigenvalue weighted by molar-refractivity contribution is 7.11. The van der Waals surface area contributed by atoms with Crippen LogP contribution in [0.2, 0.25) is 0 Å². The van der Waals surface area contributed by atoms with E-state index >= 15 is 0 Å². The van der Waals surface area contributed by atoms with E-state index < -0.39 is 0 Å². The Morgan fingerprint density at radius 1 is 1.47 bits per heavy atom. The molecule has 4 heteroatoms. The predicted octanol–water partition coefficient (Wildman–Crippen LogP) is 3.08. The van der Waals surface area contributed by atoms with Crippen LogP contribution >= 0.6 is 11.3 Å². The van der Waals surface area contributed by atoms with Gasteiger partial charge in [-0.25, -0.2) is 4.98 Å². The van der Waals surface area contributed by atoms with Gasteiger partial charge in [0.25, 0.3) is 0 Å². The molecule has 1 aliphatic carbocycles. The number of thiazole rings is 1. The summed E-state index contributed by atoms with van der Waals surface area (Å²) in [5.74, 6) is 0.899. The van der Waals surface area contributed by atoms with Gasteiger partial charge in [-0.3, -0.25) is 0 Å². The summed E-state index contributed by atoms with van der Waals surface area (Å²) in [6.45, 7) is 0. The summed E-state index contributed by atoms with van der Waals surface area (Å²) in [6, 6.07) is 8.36. The minimum absolute atomic E-state index is 0.195. The number of methoxy groups -OCH3 is 1. The Morgan fingerprint density at radius 2 is 2.37 bits per heavy atom. The molecule has 1 atom stereocenters. The van der Waals surface area contributed by atoms with E-state index in [1.807, 2.05) is 12.1 Å². The van der Waals surface area contributed by atoms with Gasteiger partial charge in [-0.1, -0.05) is 12.1 Å². The number of aryl methyl sites for hydroxylation is 1. The molecule has 1 aliphatic rings. The third-order valence-corrected chi connectivity index (χ3v) is 4.76. The van der Waals surface area contributed by atoms with E-state index in [-0.39, 0.29) is 6.04 Å². The standard InChI is InChI=1S/C15H18N2OS/c1-18-11-5-2-4-10(8-11)9-14-17-13-7-3-6-12(16)15(13)19-14/h2,4-5,8,12H,3,6-7,9,16H2,1H3. The maximum Gasteiger partial charge on any atom is 0.119 e. The molecular weight excluding hydrogens is 256 g/mol. The van der Waals surface area contributed by atoms with E-state index in [1.165, 1.54) is 16.1 Å². The lowest BCUT2D eigenvalue weighted by molar-refractivity contribution is 0.414. The van der Waals surface area contributed by atoms with Gasteiger partial charge < -0.3 is 10.5 Å². The van der Waals surface area contributed by atoms with Crippen LogP contribution in [0.4, 0.5) is 0 Å². The molecule has 3 rings (SSSR count). The molecule has 0 saturated carbocycles. The number of nitrogens with two attached hydrogens (primary N) is 1. The van der Waals surface area contributed by atoms with Crippen LogP contribution in [-0.2, 0) is 12.8 Å². The average Bonchev–Trinajstić information content (AvgIpc) is 2.83. The summed E-state index contributed by atoms with van der Waals surface area (Å²) >= 11 is 1.77. The van der Waals surface area contributed by atoms with Crippen molar-refractivity contribution in [2.45, 2.75) is 31.7 Å². The van der Waals surface area contributed by atoms with Gasteiger partial charge in [-0.2, -0.15) is 0 Å². The molecule has 0 fully saturated rings. The van der Waals surface area contributed by atoms with Gasteiger partial charge in [0.15, 0.2) is 0 Å². The number of hydrogen-bond donors (Lipinski definition) is 1. The molecule has 1 aromatic heterocycles. The van der Waals surface area contributed by atoms with Crippen LogP contribution in [0, 0.1) is 0 Å². The van der Waals surface area contributed by atoms with E-state index in [1.54, 1.807) is 18.4 Å². The molecule has 3 nitrogen and oxygen atoms in total. The number of hydrogen-bond acceptors (Lipinski definition) is 4. The molecule has 1 aromatic carbocycles. The average molecular weight is 274 g/mol. The molecule has 2 N–H and O–H groups in total. The predicted molar refractivity (Wildman–Crippen MR) is 77.8 cm³/mol. The third-order valence-electron chi connectivity index (χ3n) is 3.53. The number of fused-ring (bicyclic) bond motifs is 1. The van der Waals surface area contributed by atoms with E-state index in [0.29, 0.717) is 0 Å². The highest BCUT2D eigenvalue weighted by Crippen LogP contribution is 2.33. The van der Waals surface area contributed by atoms with Crippen molar-refractivity contribution >= 4 is 11.3 Å². The van der Waals surface area contributed by atoms with Crippen LogP contribution in [0.5, 0.6) is 5.75 Å². The van der Waals surface area contributed by atoms with E-state index in [2.05, 4.69) is 12.1 Å². The smallest absolute Gasteiger partial charge is 0.119 e. The van der Waals surface area contributed by atoms with Gasteiger partial charge in [-0.05, 0) is 37.0 Å². The Hall–Kier alpha value is -1.39. The van der Waals surface area contributed by atoms with Crippen LogP contribution < -0.4 is 10.5 Å². The Bertz CT molecular complexity index is 579. The molecule has 0 amide bonds. The first-order valence-electron chi connectivity index (χ1n) is 6.63. The minimum Gasteiger partial charge on any atom is -0.497 e. The topological polar surface area (TPSA) is 48.1 Å². The summed E-state index contributed by atoms with van der Waals surface area (Å²) in [5, 5.41) is 1.16. The lowest BCUT2D eigenvalue weighted by Crippen LogP contribution is -2.15. The lowest BCUT2D eigenvalue weighted by atomic mass is 9.99. The summed E-state index contributed by atoms with van der Waals surface area (Å²) in [6.07, 6.45) is 4.20. The van der Waals surface area contributed by atoms with Gasteiger partial charge in [0.1, 0.15) is 5.75 Å². The van der Waals surface area contributed by atoms with Crippen molar-refractivity contribution in [2.75, 3.05) is 7.11 Å². The van der Waals surface area contributed by atoms with E-state index in [4.69, 9.17) is 15.5 Å². The Labute approximate surface area is 117 Å². The molecule has 0 spiro atoms. The number of ether oxygens (including phenoxy) is 1. The van der Waals surface area contributed by atoms with Crippen LogP contribution in [0.3, 0.4) is 0 Å². The fraction of sp³-hybridized carbons (Fsp3) is 0.400. The highest BCUT2D eigenvalue weighted by Gasteiger charge is 2.21. The first-order chi connectivity index (χ1) is 9.26. The maximum absolute atomic E-state index is 6.15. The van der Waals surface area contributed by atoms with Crippen LogP contribution in [-0.4, -0.2) is 12.1 Å². The fourth-order valence-corrected chi connectivity index (χ4v) is 3.72.